The number of rotatable bonds is 11. The summed E-state index contributed by atoms with van der Waals surface area (Å²) in [7, 11) is 0. The number of ether oxygens (including phenoxy) is 1. The third-order valence-corrected chi connectivity index (χ3v) is 7.32. The van der Waals surface area contributed by atoms with Crippen molar-refractivity contribution in [3.63, 3.8) is 0 Å². The average molecular weight is 598 g/mol. The van der Waals surface area contributed by atoms with E-state index in [1.807, 2.05) is 13.8 Å². The van der Waals surface area contributed by atoms with Crippen molar-refractivity contribution in [2.75, 3.05) is 6.61 Å². The second kappa shape index (κ2) is 12.8. The number of aliphatic hydroxyl groups excluding tert-OH is 1. The largest absolute Gasteiger partial charge is 0.528 e. The molecule has 0 spiro atoms. The van der Waals surface area contributed by atoms with Crippen molar-refractivity contribution in [2.45, 2.75) is 59.1 Å². The monoisotopic (exact) mass is 597 g/mol. The molecule has 2 heterocycles. The zero-order chi connectivity index (χ0) is 31.4. The second-order valence-corrected chi connectivity index (χ2v) is 11.1. The zero-order valence-corrected chi connectivity index (χ0v) is 25.1. The van der Waals surface area contributed by atoms with Crippen LogP contribution in [0.15, 0.2) is 76.0 Å². The van der Waals surface area contributed by atoms with Crippen LogP contribution in [-0.4, -0.2) is 37.0 Å². The summed E-state index contributed by atoms with van der Waals surface area (Å²) in [5.74, 6) is 0.802. The molecule has 5 rings (SSSR count). The number of hydrogen-bond donors (Lipinski definition) is 1. The van der Waals surface area contributed by atoms with Crippen molar-refractivity contribution in [3.8, 4) is 45.5 Å². The molecule has 0 unspecified atom stereocenters. The fraction of sp³-hybridized carbons (Fsp3) is 0.294. The van der Waals surface area contributed by atoms with E-state index >= 15 is 4.39 Å². The van der Waals surface area contributed by atoms with Gasteiger partial charge in [-0.25, -0.2) is 14.4 Å². The lowest BCUT2D eigenvalue weighted by Gasteiger charge is -2.24. The van der Waals surface area contributed by atoms with Crippen molar-refractivity contribution in [3.05, 3.63) is 100.0 Å². The average Bonchev–Trinajstić information content (AvgIpc) is 3.46. The van der Waals surface area contributed by atoms with Crippen LogP contribution in [0.3, 0.4) is 0 Å². The van der Waals surface area contributed by atoms with E-state index in [9.17, 15) is 15.0 Å². The molecule has 0 amide bonds. The number of aryl methyl sites for hydroxylation is 2. The van der Waals surface area contributed by atoms with Crippen molar-refractivity contribution in [1.82, 2.24) is 19.7 Å². The van der Waals surface area contributed by atoms with Crippen LogP contribution in [0, 0.1) is 5.82 Å². The molecule has 0 radical (unpaired) electrons. The Balaban J connectivity index is 1.52. The number of aromatic nitrogens is 4. The molecular weight excluding hydrogens is 563 g/mol. The molecule has 2 aromatic heterocycles. The van der Waals surface area contributed by atoms with E-state index in [1.165, 1.54) is 6.07 Å². The van der Waals surface area contributed by atoms with Crippen LogP contribution in [0.2, 0.25) is 0 Å². The summed E-state index contributed by atoms with van der Waals surface area (Å²) in [4.78, 5) is 22.8. The highest BCUT2D eigenvalue weighted by atomic mass is 19.1. The van der Waals surface area contributed by atoms with Crippen molar-refractivity contribution >= 4 is 0 Å². The van der Waals surface area contributed by atoms with Crippen LogP contribution >= 0.6 is 0 Å². The first-order valence-corrected chi connectivity index (χ1v) is 14.6. The SMILES string of the molecule is CCCc1nc(CC)c(-c2ccc(OC(C)(C)CO)cc2)c(=O)n1Cc1ccc(-c2ccccc2-c2noc([O-])n2)cc1F. The number of nitrogens with zero attached hydrogens (tertiary/aromatic N) is 4. The third kappa shape index (κ3) is 6.40. The molecular formula is C34H34FN4O5-. The predicted octanol–water partition coefficient (Wildman–Crippen LogP) is 5.55. The molecule has 0 saturated carbocycles. The molecule has 1 N–H and O–H groups in total. The van der Waals surface area contributed by atoms with Gasteiger partial charge in [0.05, 0.1) is 24.4 Å². The lowest BCUT2D eigenvalue weighted by Crippen LogP contribution is -2.32. The number of halogens is 1. The second-order valence-electron chi connectivity index (χ2n) is 11.1. The molecule has 3 aromatic carbocycles. The Hall–Kier alpha value is -4.83. The van der Waals surface area contributed by atoms with Crippen LogP contribution in [0.4, 0.5) is 4.39 Å². The van der Waals surface area contributed by atoms with E-state index in [1.54, 1.807) is 79.1 Å². The molecule has 0 aliphatic carbocycles. The minimum Gasteiger partial charge on any atom is -0.528 e. The van der Waals surface area contributed by atoms with Gasteiger partial charge in [-0.05, 0) is 61.6 Å². The van der Waals surface area contributed by atoms with Gasteiger partial charge in [-0.1, -0.05) is 62.4 Å². The van der Waals surface area contributed by atoms with E-state index in [0.717, 1.165) is 6.42 Å². The summed E-state index contributed by atoms with van der Waals surface area (Å²) in [6.45, 7) is 7.39. The quantitative estimate of drug-likeness (QED) is 0.210. The van der Waals surface area contributed by atoms with E-state index in [4.69, 9.17) is 9.72 Å². The van der Waals surface area contributed by atoms with Crippen LogP contribution in [0.5, 0.6) is 11.8 Å². The molecule has 0 bridgehead atoms. The highest BCUT2D eigenvalue weighted by Gasteiger charge is 2.21. The Kier molecular flexibility index (Phi) is 8.91. The maximum absolute atomic E-state index is 15.7. The first-order valence-electron chi connectivity index (χ1n) is 14.6. The van der Waals surface area contributed by atoms with Crippen molar-refractivity contribution in [1.29, 1.82) is 0 Å². The smallest absolute Gasteiger partial charge is 0.261 e. The van der Waals surface area contributed by atoms with Crippen molar-refractivity contribution < 1.29 is 23.9 Å². The summed E-state index contributed by atoms with van der Waals surface area (Å²) >= 11 is 0. The Morgan fingerprint density at radius 1 is 1.00 bits per heavy atom. The summed E-state index contributed by atoms with van der Waals surface area (Å²) in [6, 6.07) is 19.0. The lowest BCUT2D eigenvalue weighted by molar-refractivity contribution is -0.303. The Morgan fingerprint density at radius 3 is 2.32 bits per heavy atom. The minimum absolute atomic E-state index is 0.00217. The lowest BCUT2D eigenvalue weighted by atomic mass is 9.98. The zero-order valence-electron chi connectivity index (χ0n) is 25.1. The van der Waals surface area contributed by atoms with Crippen LogP contribution in [-0.2, 0) is 19.4 Å². The minimum atomic E-state index is -0.804. The van der Waals surface area contributed by atoms with E-state index < -0.39 is 17.5 Å². The van der Waals surface area contributed by atoms with Crippen LogP contribution < -0.4 is 15.4 Å². The van der Waals surface area contributed by atoms with Gasteiger partial charge in [-0.15, -0.1) is 0 Å². The molecule has 0 atom stereocenters. The first-order chi connectivity index (χ1) is 21.1. The van der Waals surface area contributed by atoms with Gasteiger partial charge in [0.25, 0.3) is 5.56 Å². The molecule has 0 aliphatic heterocycles. The van der Waals surface area contributed by atoms with Crippen LogP contribution in [0.25, 0.3) is 33.6 Å². The Morgan fingerprint density at radius 2 is 1.70 bits per heavy atom. The highest BCUT2D eigenvalue weighted by molar-refractivity contribution is 5.80. The predicted molar refractivity (Wildman–Crippen MR) is 163 cm³/mol. The van der Waals surface area contributed by atoms with Gasteiger partial charge in [0.1, 0.15) is 23.0 Å². The van der Waals surface area contributed by atoms with Gasteiger partial charge < -0.3 is 19.5 Å². The molecule has 44 heavy (non-hydrogen) atoms. The molecule has 10 heteroatoms. The van der Waals surface area contributed by atoms with E-state index in [2.05, 4.69) is 14.7 Å². The van der Waals surface area contributed by atoms with Crippen LogP contribution in [0.1, 0.15) is 51.2 Å². The van der Waals surface area contributed by atoms with Gasteiger partial charge in [-0.3, -0.25) is 9.36 Å². The van der Waals surface area contributed by atoms with Gasteiger partial charge in [-0.2, -0.15) is 5.16 Å². The third-order valence-electron chi connectivity index (χ3n) is 7.32. The molecule has 0 aliphatic rings. The van der Waals surface area contributed by atoms with E-state index in [-0.39, 0.29) is 24.5 Å². The maximum Gasteiger partial charge on any atom is 0.261 e. The normalized spacial score (nSPS) is 11.6. The van der Waals surface area contributed by atoms with Crippen molar-refractivity contribution in [2.24, 2.45) is 0 Å². The molecule has 5 aromatic rings. The fourth-order valence-corrected chi connectivity index (χ4v) is 5.07. The molecule has 0 saturated heterocycles. The highest BCUT2D eigenvalue weighted by Crippen LogP contribution is 2.32. The fourth-order valence-electron chi connectivity index (χ4n) is 5.07. The maximum atomic E-state index is 15.7. The first kappa shape index (κ1) is 30.6. The number of benzene rings is 3. The van der Waals surface area contributed by atoms with Gasteiger partial charge in [0, 0.05) is 17.5 Å². The molecule has 0 fully saturated rings. The molecule has 9 nitrogen and oxygen atoms in total. The van der Waals surface area contributed by atoms with Gasteiger partial charge >= 0.3 is 0 Å². The number of hydrogen-bond acceptors (Lipinski definition) is 8. The Labute approximate surface area is 254 Å². The van der Waals surface area contributed by atoms with Gasteiger partial charge in [0.2, 0.25) is 0 Å². The standard InChI is InChI=1S/C34H35FN4O5/c1-5-9-29-36-28(6-2)30(21-14-16-24(17-15-21)43-34(3,4)20-40)32(41)39(29)19-23-13-12-22(18-27(23)35)25-10-7-8-11-26(25)31-37-33(42)44-38-31/h7-8,10-18,40H,5-6,9,19-20H2,1-4H3,(H,37,38,42)/p-1. The molecule has 228 valence electrons. The summed E-state index contributed by atoms with van der Waals surface area (Å²) in [5.41, 5.74) is 2.89. The summed E-state index contributed by atoms with van der Waals surface area (Å²) < 4.78 is 27.7. The summed E-state index contributed by atoms with van der Waals surface area (Å²) in [5, 5.41) is 24.7. The van der Waals surface area contributed by atoms with E-state index in [0.29, 0.717) is 63.5 Å². The topological polar surface area (TPSA) is 126 Å². The Bertz CT molecular complexity index is 1830. The summed E-state index contributed by atoms with van der Waals surface area (Å²) in [6.07, 6.45) is 1.07. The number of aliphatic hydroxyl groups is 1. The van der Waals surface area contributed by atoms with Gasteiger partial charge in [0.15, 0.2) is 11.9 Å².